The van der Waals surface area contributed by atoms with Gasteiger partial charge in [0.15, 0.2) is 0 Å². The number of methoxy groups -OCH3 is 1. The zero-order chi connectivity index (χ0) is 23.4. The SMILES string of the molecule is COc1ccc(-c2nnc(NC(=O)c3cccc(NS(=O)(=O)c4ccccc4)c3C)s2)cc1. The van der Waals surface area contributed by atoms with E-state index in [1.54, 1.807) is 50.4 Å². The highest BCUT2D eigenvalue weighted by Crippen LogP contribution is 2.29. The molecule has 0 aliphatic heterocycles. The number of ether oxygens (including phenoxy) is 1. The Balaban J connectivity index is 1.52. The van der Waals surface area contributed by atoms with Gasteiger partial charge in [-0.1, -0.05) is 35.6 Å². The van der Waals surface area contributed by atoms with E-state index in [4.69, 9.17) is 4.74 Å². The standard InChI is InChI=1S/C23H20N4O4S2/c1-15-19(9-6-10-20(15)27-33(29,30)18-7-4-3-5-8-18)21(28)24-23-26-25-22(32-23)16-11-13-17(31-2)14-12-16/h3-14,27H,1-2H3,(H,24,26,28). The first-order valence-corrected chi connectivity index (χ1v) is 12.1. The summed E-state index contributed by atoms with van der Waals surface area (Å²) in [5.74, 6) is 0.320. The van der Waals surface area contributed by atoms with Gasteiger partial charge < -0.3 is 4.74 Å². The summed E-state index contributed by atoms with van der Waals surface area (Å²) in [5.41, 5.74) is 1.99. The highest BCUT2D eigenvalue weighted by atomic mass is 32.2. The summed E-state index contributed by atoms with van der Waals surface area (Å²) in [4.78, 5) is 13.0. The molecule has 0 unspecified atom stereocenters. The second kappa shape index (κ2) is 9.39. The molecule has 0 aliphatic rings. The Hall–Kier alpha value is -3.76. The van der Waals surface area contributed by atoms with Gasteiger partial charge in [0.1, 0.15) is 10.8 Å². The zero-order valence-electron chi connectivity index (χ0n) is 17.8. The van der Waals surface area contributed by atoms with Crippen LogP contribution in [0, 0.1) is 6.92 Å². The molecule has 168 valence electrons. The van der Waals surface area contributed by atoms with E-state index in [9.17, 15) is 13.2 Å². The maximum absolute atomic E-state index is 12.9. The second-order valence-corrected chi connectivity index (χ2v) is 9.65. The third-order valence-electron chi connectivity index (χ3n) is 4.86. The van der Waals surface area contributed by atoms with E-state index < -0.39 is 15.9 Å². The first-order valence-electron chi connectivity index (χ1n) is 9.84. The number of rotatable bonds is 7. The number of anilines is 2. The van der Waals surface area contributed by atoms with Crippen molar-refractivity contribution >= 4 is 38.1 Å². The molecular weight excluding hydrogens is 460 g/mol. The van der Waals surface area contributed by atoms with E-state index in [0.717, 1.165) is 11.3 Å². The van der Waals surface area contributed by atoms with Crippen LogP contribution < -0.4 is 14.8 Å². The number of benzene rings is 3. The maximum Gasteiger partial charge on any atom is 0.261 e. The van der Waals surface area contributed by atoms with Crippen LogP contribution in [-0.2, 0) is 10.0 Å². The van der Waals surface area contributed by atoms with E-state index in [2.05, 4.69) is 20.2 Å². The fourth-order valence-corrected chi connectivity index (χ4v) is 4.97. The number of amides is 1. The van der Waals surface area contributed by atoms with Gasteiger partial charge in [-0.15, -0.1) is 10.2 Å². The highest BCUT2D eigenvalue weighted by molar-refractivity contribution is 7.92. The van der Waals surface area contributed by atoms with Crippen LogP contribution in [0.4, 0.5) is 10.8 Å². The zero-order valence-corrected chi connectivity index (χ0v) is 19.4. The summed E-state index contributed by atoms with van der Waals surface area (Å²) >= 11 is 1.23. The molecule has 0 saturated carbocycles. The number of carbonyl (C=O) groups is 1. The minimum Gasteiger partial charge on any atom is -0.497 e. The fraction of sp³-hybridized carbons (Fsp3) is 0.0870. The van der Waals surface area contributed by atoms with Gasteiger partial charge in [-0.2, -0.15) is 0 Å². The molecule has 8 nitrogen and oxygen atoms in total. The minimum atomic E-state index is -3.78. The Kier molecular flexibility index (Phi) is 6.38. The van der Waals surface area contributed by atoms with Gasteiger partial charge in [-0.05, 0) is 61.0 Å². The van der Waals surface area contributed by atoms with Crippen LogP contribution in [0.2, 0.25) is 0 Å². The van der Waals surface area contributed by atoms with Crippen molar-refractivity contribution in [3.8, 4) is 16.3 Å². The van der Waals surface area contributed by atoms with Crippen molar-refractivity contribution in [3.63, 3.8) is 0 Å². The first kappa shape index (κ1) is 22.4. The Morgan fingerprint density at radius 2 is 1.67 bits per heavy atom. The van der Waals surface area contributed by atoms with Crippen LogP contribution in [0.5, 0.6) is 5.75 Å². The van der Waals surface area contributed by atoms with Crippen LogP contribution in [0.25, 0.3) is 10.6 Å². The van der Waals surface area contributed by atoms with Crippen molar-refractivity contribution in [1.29, 1.82) is 0 Å². The van der Waals surface area contributed by atoms with Crippen LogP contribution in [0.15, 0.2) is 77.7 Å². The molecule has 0 spiro atoms. The minimum absolute atomic E-state index is 0.138. The monoisotopic (exact) mass is 480 g/mol. The van der Waals surface area contributed by atoms with Gasteiger partial charge in [0.2, 0.25) is 5.13 Å². The fourth-order valence-electron chi connectivity index (χ4n) is 3.08. The van der Waals surface area contributed by atoms with E-state index in [1.807, 2.05) is 24.3 Å². The first-order chi connectivity index (χ1) is 15.9. The maximum atomic E-state index is 12.9. The molecule has 33 heavy (non-hydrogen) atoms. The summed E-state index contributed by atoms with van der Waals surface area (Å²) < 4.78 is 33.0. The number of hydrogen-bond acceptors (Lipinski definition) is 7. The van der Waals surface area contributed by atoms with Crippen LogP contribution in [0.3, 0.4) is 0 Å². The molecule has 3 aromatic carbocycles. The molecule has 1 heterocycles. The lowest BCUT2D eigenvalue weighted by Gasteiger charge is -2.13. The Morgan fingerprint density at radius 3 is 2.36 bits per heavy atom. The van der Waals surface area contributed by atoms with Crippen molar-refractivity contribution in [2.45, 2.75) is 11.8 Å². The van der Waals surface area contributed by atoms with Crippen molar-refractivity contribution in [2.24, 2.45) is 0 Å². The Morgan fingerprint density at radius 1 is 0.939 bits per heavy atom. The number of hydrogen-bond donors (Lipinski definition) is 2. The van der Waals surface area contributed by atoms with E-state index >= 15 is 0 Å². The largest absolute Gasteiger partial charge is 0.497 e. The van der Waals surface area contributed by atoms with E-state index in [1.165, 1.54) is 23.5 Å². The normalized spacial score (nSPS) is 11.1. The van der Waals surface area contributed by atoms with Crippen molar-refractivity contribution in [3.05, 3.63) is 83.9 Å². The molecular formula is C23H20N4O4S2. The number of sulfonamides is 1. The highest BCUT2D eigenvalue weighted by Gasteiger charge is 2.19. The van der Waals surface area contributed by atoms with Crippen molar-refractivity contribution < 1.29 is 17.9 Å². The summed E-state index contributed by atoms with van der Waals surface area (Å²) in [7, 11) is -2.19. The van der Waals surface area contributed by atoms with Crippen LogP contribution in [0.1, 0.15) is 15.9 Å². The number of aromatic nitrogens is 2. The molecule has 10 heteroatoms. The molecule has 1 amide bonds. The molecule has 0 bridgehead atoms. The molecule has 0 radical (unpaired) electrons. The molecule has 1 aromatic heterocycles. The quantitative estimate of drug-likeness (QED) is 0.401. The topological polar surface area (TPSA) is 110 Å². The summed E-state index contributed by atoms with van der Waals surface area (Å²) in [6.45, 7) is 1.68. The smallest absolute Gasteiger partial charge is 0.261 e. The van der Waals surface area contributed by atoms with Gasteiger partial charge in [-0.3, -0.25) is 14.8 Å². The molecule has 0 saturated heterocycles. The Labute approximate surface area is 195 Å². The molecule has 4 aromatic rings. The summed E-state index contributed by atoms with van der Waals surface area (Å²) in [6, 6.07) is 20.2. The molecule has 4 rings (SSSR count). The molecule has 2 N–H and O–H groups in total. The lowest BCUT2D eigenvalue weighted by molar-refractivity contribution is 0.102. The number of nitrogens with one attached hydrogen (secondary N) is 2. The average Bonchev–Trinajstić information content (AvgIpc) is 3.29. The molecule has 0 fully saturated rings. The third-order valence-corrected chi connectivity index (χ3v) is 7.13. The summed E-state index contributed by atoms with van der Waals surface area (Å²) in [5, 5.41) is 11.9. The predicted octanol–water partition coefficient (Wildman–Crippen LogP) is 4.58. The van der Waals surface area contributed by atoms with Crippen molar-refractivity contribution in [1.82, 2.24) is 10.2 Å². The Bertz CT molecular complexity index is 1390. The van der Waals surface area contributed by atoms with Gasteiger partial charge >= 0.3 is 0 Å². The van der Waals surface area contributed by atoms with Crippen molar-refractivity contribution in [2.75, 3.05) is 17.1 Å². The van der Waals surface area contributed by atoms with Gasteiger partial charge in [0, 0.05) is 11.1 Å². The number of carbonyl (C=O) groups excluding carboxylic acids is 1. The average molecular weight is 481 g/mol. The van der Waals surface area contributed by atoms with Gasteiger partial charge in [-0.25, -0.2) is 8.42 Å². The third kappa shape index (κ3) is 5.02. The van der Waals surface area contributed by atoms with E-state index in [0.29, 0.717) is 27.0 Å². The second-order valence-electron chi connectivity index (χ2n) is 6.99. The lowest BCUT2D eigenvalue weighted by Crippen LogP contribution is -2.17. The molecule has 0 atom stereocenters. The number of nitrogens with zero attached hydrogens (tertiary/aromatic N) is 2. The predicted molar refractivity (Wildman–Crippen MR) is 128 cm³/mol. The van der Waals surface area contributed by atoms with Gasteiger partial charge in [0.05, 0.1) is 17.7 Å². The van der Waals surface area contributed by atoms with Crippen LogP contribution >= 0.6 is 11.3 Å². The van der Waals surface area contributed by atoms with E-state index in [-0.39, 0.29) is 4.90 Å². The van der Waals surface area contributed by atoms with Crippen LogP contribution in [-0.4, -0.2) is 31.6 Å². The molecule has 0 aliphatic carbocycles. The van der Waals surface area contributed by atoms with Gasteiger partial charge in [0.25, 0.3) is 15.9 Å². The lowest BCUT2D eigenvalue weighted by atomic mass is 10.1. The summed E-state index contributed by atoms with van der Waals surface area (Å²) in [6.07, 6.45) is 0.